The molecular formula is C21H32IN5O2. The molecule has 0 saturated carbocycles. The van der Waals surface area contributed by atoms with E-state index in [2.05, 4.69) is 28.4 Å². The average Bonchev–Trinajstić information content (AvgIpc) is 3.34. The topological polar surface area (TPSA) is 63.9 Å². The molecule has 0 amide bonds. The van der Waals surface area contributed by atoms with Crippen molar-refractivity contribution in [3.63, 3.8) is 0 Å². The first-order valence-corrected chi connectivity index (χ1v) is 9.96. The van der Waals surface area contributed by atoms with E-state index >= 15 is 0 Å². The molecule has 1 unspecified atom stereocenters. The van der Waals surface area contributed by atoms with Gasteiger partial charge in [-0.1, -0.05) is 6.07 Å². The van der Waals surface area contributed by atoms with E-state index in [0.717, 1.165) is 49.1 Å². The number of benzene rings is 1. The fraction of sp³-hybridized carbons (Fsp3) is 0.524. The fourth-order valence-electron chi connectivity index (χ4n) is 3.56. The minimum atomic E-state index is 0. The van der Waals surface area contributed by atoms with Crippen LogP contribution in [0.3, 0.4) is 0 Å². The number of halogens is 1. The SMILES string of the molecule is CCNC(=NCc1ccc(OC)c(OCC)c1)N1CCC(c2cnn(C)c2)C1.I. The number of hydrogen-bond donors (Lipinski definition) is 1. The summed E-state index contributed by atoms with van der Waals surface area (Å²) in [7, 11) is 3.62. The number of methoxy groups -OCH3 is 1. The Bertz CT molecular complexity index is 808. The van der Waals surface area contributed by atoms with E-state index in [1.165, 1.54) is 5.56 Å². The molecule has 1 aliphatic rings. The number of aryl methyl sites for hydroxylation is 1. The van der Waals surface area contributed by atoms with Gasteiger partial charge in [-0.2, -0.15) is 5.10 Å². The number of nitrogens with zero attached hydrogens (tertiary/aromatic N) is 4. The van der Waals surface area contributed by atoms with Crippen molar-refractivity contribution in [3.8, 4) is 11.5 Å². The van der Waals surface area contributed by atoms with Crippen LogP contribution < -0.4 is 14.8 Å². The molecule has 0 bridgehead atoms. The number of ether oxygens (including phenoxy) is 2. The summed E-state index contributed by atoms with van der Waals surface area (Å²) >= 11 is 0. The molecule has 0 spiro atoms. The number of aliphatic imine (C=N–C) groups is 1. The highest BCUT2D eigenvalue weighted by Crippen LogP contribution is 2.29. The van der Waals surface area contributed by atoms with Crippen LogP contribution in [0, 0.1) is 0 Å². The highest BCUT2D eigenvalue weighted by atomic mass is 127. The third-order valence-corrected chi connectivity index (χ3v) is 4.96. The molecule has 2 aromatic rings. The van der Waals surface area contributed by atoms with Crippen LogP contribution in [0.1, 0.15) is 37.3 Å². The Morgan fingerprint density at radius 2 is 2.14 bits per heavy atom. The number of nitrogens with one attached hydrogen (secondary N) is 1. The van der Waals surface area contributed by atoms with Crippen molar-refractivity contribution in [1.29, 1.82) is 0 Å². The summed E-state index contributed by atoms with van der Waals surface area (Å²) in [5, 5.41) is 7.74. The molecule has 3 rings (SSSR count). The number of aromatic nitrogens is 2. The van der Waals surface area contributed by atoms with E-state index in [1.54, 1.807) is 7.11 Å². The van der Waals surface area contributed by atoms with Crippen LogP contribution in [-0.4, -0.2) is 54.0 Å². The predicted octanol–water partition coefficient (Wildman–Crippen LogP) is 3.40. The number of guanidine groups is 1. The average molecular weight is 513 g/mol. The molecule has 0 aliphatic carbocycles. The van der Waals surface area contributed by atoms with Crippen LogP contribution in [0.15, 0.2) is 35.6 Å². The van der Waals surface area contributed by atoms with E-state index in [9.17, 15) is 0 Å². The summed E-state index contributed by atoms with van der Waals surface area (Å²) in [6.45, 7) is 8.09. The Balaban J connectivity index is 0.00000300. The Morgan fingerprint density at radius 3 is 2.79 bits per heavy atom. The zero-order valence-corrected chi connectivity index (χ0v) is 20.1. The number of likely N-dealkylation sites (tertiary alicyclic amines) is 1. The predicted molar refractivity (Wildman–Crippen MR) is 127 cm³/mol. The monoisotopic (exact) mass is 513 g/mol. The second kappa shape index (κ2) is 11.3. The van der Waals surface area contributed by atoms with Crippen LogP contribution in [0.5, 0.6) is 11.5 Å². The lowest BCUT2D eigenvalue weighted by molar-refractivity contribution is 0.310. The Kier molecular flexibility index (Phi) is 9.06. The molecule has 29 heavy (non-hydrogen) atoms. The van der Waals surface area contributed by atoms with Gasteiger partial charge < -0.3 is 19.7 Å². The first-order chi connectivity index (χ1) is 13.6. The third kappa shape index (κ3) is 6.01. The van der Waals surface area contributed by atoms with Crippen LogP contribution >= 0.6 is 24.0 Å². The molecule has 2 heterocycles. The molecular weight excluding hydrogens is 481 g/mol. The summed E-state index contributed by atoms with van der Waals surface area (Å²) in [4.78, 5) is 7.21. The van der Waals surface area contributed by atoms with Crippen molar-refractivity contribution in [2.45, 2.75) is 32.7 Å². The highest BCUT2D eigenvalue weighted by Gasteiger charge is 2.26. The van der Waals surface area contributed by atoms with Gasteiger partial charge in [0.1, 0.15) is 0 Å². The van der Waals surface area contributed by atoms with Gasteiger partial charge in [-0.05, 0) is 43.5 Å². The van der Waals surface area contributed by atoms with Crippen molar-refractivity contribution < 1.29 is 9.47 Å². The van der Waals surface area contributed by atoms with Gasteiger partial charge in [-0.3, -0.25) is 4.68 Å². The number of rotatable bonds is 7. The highest BCUT2D eigenvalue weighted by molar-refractivity contribution is 14.0. The maximum Gasteiger partial charge on any atom is 0.194 e. The van der Waals surface area contributed by atoms with Crippen LogP contribution in [-0.2, 0) is 13.6 Å². The van der Waals surface area contributed by atoms with Crippen molar-refractivity contribution in [2.75, 3.05) is 33.4 Å². The van der Waals surface area contributed by atoms with Gasteiger partial charge in [0, 0.05) is 38.8 Å². The molecule has 160 valence electrons. The summed E-state index contributed by atoms with van der Waals surface area (Å²) < 4.78 is 12.9. The van der Waals surface area contributed by atoms with Crippen molar-refractivity contribution in [1.82, 2.24) is 20.0 Å². The summed E-state index contributed by atoms with van der Waals surface area (Å²) in [6.07, 6.45) is 5.21. The molecule has 0 radical (unpaired) electrons. The van der Waals surface area contributed by atoms with Gasteiger partial charge in [0.15, 0.2) is 17.5 Å². The quantitative estimate of drug-likeness (QED) is 0.350. The summed E-state index contributed by atoms with van der Waals surface area (Å²) in [5.74, 6) is 2.98. The lowest BCUT2D eigenvalue weighted by Gasteiger charge is -2.21. The van der Waals surface area contributed by atoms with Gasteiger partial charge in [-0.25, -0.2) is 4.99 Å². The van der Waals surface area contributed by atoms with Gasteiger partial charge in [0.05, 0.1) is 26.5 Å². The molecule has 1 aliphatic heterocycles. The van der Waals surface area contributed by atoms with Gasteiger partial charge in [-0.15, -0.1) is 24.0 Å². The van der Waals surface area contributed by atoms with Crippen molar-refractivity contribution in [3.05, 3.63) is 41.7 Å². The van der Waals surface area contributed by atoms with E-state index in [0.29, 0.717) is 19.1 Å². The molecule has 1 aromatic heterocycles. The third-order valence-electron chi connectivity index (χ3n) is 4.96. The van der Waals surface area contributed by atoms with Gasteiger partial charge >= 0.3 is 0 Å². The zero-order valence-electron chi connectivity index (χ0n) is 17.7. The lowest BCUT2D eigenvalue weighted by Crippen LogP contribution is -2.40. The largest absolute Gasteiger partial charge is 0.493 e. The molecule has 1 N–H and O–H groups in total. The number of hydrogen-bond acceptors (Lipinski definition) is 4. The van der Waals surface area contributed by atoms with Crippen molar-refractivity contribution in [2.24, 2.45) is 12.0 Å². The molecule has 1 atom stereocenters. The second-order valence-electron chi connectivity index (χ2n) is 6.97. The summed E-state index contributed by atoms with van der Waals surface area (Å²) in [5.41, 5.74) is 2.40. The smallest absolute Gasteiger partial charge is 0.194 e. The standard InChI is InChI=1S/C21H31N5O2.HI/c1-5-22-21(26-10-9-17(15-26)18-13-24-25(3)14-18)23-12-16-7-8-19(27-4)20(11-16)28-6-2;/h7-8,11,13-14,17H,5-6,9-10,12,15H2,1-4H3,(H,22,23);1H. The molecule has 1 aromatic carbocycles. The molecule has 8 heteroatoms. The molecule has 1 fully saturated rings. The zero-order chi connectivity index (χ0) is 19.9. The normalized spacial score (nSPS) is 16.5. The van der Waals surface area contributed by atoms with E-state index in [1.807, 2.05) is 43.0 Å². The second-order valence-corrected chi connectivity index (χ2v) is 6.97. The lowest BCUT2D eigenvalue weighted by atomic mass is 10.0. The van der Waals surface area contributed by atoms with Crippen LogP contribution in [0.4, 0.5) is 0 Å². The van der Waals surface area contributed by atoms with Crippen LogP contribution in [0.2, 0.25) is 0 Å². The fourth-order valence-corrected chi connectivity index (χ4v) is 3.56. The van der Waals surface area contributed by atoms with Gasteiger partial charge in [0.25, 0.3) is 0 Å². The van der Waals surface area contributed by atoms with Crippen LogP contribution in [0.25, 0.3) is 0 Å². The van der Waals surface area contributed by atoms with E-state index in [4.69, 9.17) is 14.5 Å². The molecule has 7 nitrogen and oxygen atoms in total. The molecule has 1 saturated heterocycles. The maximum atomic E-state index is 5.68. The Labute approximate surface area is 190 Å². The minimum absolute atomic E-state index is 0. The van der Waals surface area contributed by atoms with E-state index in [-0.39, 0.29) is 24.0 Å². The Morgan fingerprint density at radius 1 is 1.31 bits per heavy atom. The first kappa shape index (κ1) is 23.3. The first-order valence-electron chi connectivity index (χ1n) is 9.96. The van der Waals surface area contributed by atoms with Crippen molar-refractivity contribution >= 4 is 29.9 Å². The maximum absolute atomic E-state index is 5.68. The van der Waals surface area contributed by atoms with E-state index < -0.39 is 0 Å². The van der Waals surface area contributed by atoms with Gasteiger partial charge in [0.2, 0.25) is 0 Å². The Hall–Kier alpha value is -1.97. The minimum Gasteiger partial charge on any atom is -0.493 e. The summed E-state index contributed by atoms with van der Waals surface area (Å²) in [6, 6.07) is 5.99.